The number of rotatable bonds is 4. The Morgan fingerprint density at radius 1 is 1.59 bits per heavy atom. The van der Waals surface area contributed by atoms with E-state index < -0.39 is 0 Å². The van der Waals surface area contributed by atoms with Crippen LogP contribution in [-0.2, 0) is 0 Å². The molecule has 0 saturated heterocycles. The van der Waals surface area contributed by atoms with E-state index in [4.69, 9.17) is 18.0 Å². The van der Waals surface area contributed by atoms with Crippen molar-refractivity contribution < 1.29 is 0 Å². The third-order valence-electron chi connectivity index (χ3n) is 2.48. The summed E-state index contributed by atoms with van der Waals surface area (Å²) in [6.45, 7) is 2.68. The Morgan fingerprint density at radius 3 is 3.06 bits per heavy atom. The average Bonchev–Trinajstić information content (AvgIpc) is 2.75. The van der Waals surface area contributed by atoms with Crippen LogP contribution in [0.1, 0.15) is 6.92 Å². The van der Waals surface area contributed by atoms with Gasteiger partial charge in [0.2, 0.25) is 0 Å². The Balaban J connectivity index is 2.18. The molecule has 0 fully saturated rings. The zero-order valence-corrected chi connectivity index (χ0v) is 10.4. The topological polar surface area (TPSA) is 85.2 Å². The molecule has 17 heavy (non-hydrogen) atoms. The van der Waals surface area contributed by atoms with Gasteiger partial charge in [0.25, 0.3) is 0 Å². The molecule has 0 aromatic carbocycles. The van der Waals surface area contributed by atoms with Crippen LogP contribution in [0.5, 0.6) is 0 Å². The molecule has 0 radical (unpaired) electrons. The predicted octanol–water partition coefficient (Wildman–Crippen LogP) is -0.122. The Morgan fingerprint density at radius 2 is 2.35 bits per heavy atom. The van der Waals surface area contributed by atoms with E-state index in [-0.39, 0.29) is 5.92 Å². The molecule has 7 nitrogen and oxygen atoms in total. The van der Waals surface area contributed by atoms with Gasteiger partial charge in [-0.3, -0.25) is 0 Å². The van der Waals surface area contributed by atoms with E-state index >= 15 is 0 Å². The molecule has 8 heteroatoms. The van der Waals surface area contributed by atoms with Crippen LogP contribution in [0.15, 0.2) is 12.1 Å². The molecule has 1 atom stereocenters. The number of nitrogens with zero attached hydrogens (tertiary/aromatic N) is 6. The molecule has 0 saturated carbocycles. The number of nitrogens with two attached hydrogens (primary N) is 1. The van der Waals surface area contributed by atoms with Crippen molar-refractivity contribution in [2.75, 3.05) is 18.5 Å². The van der Waals surface area contributed by atoms with Crippen LogP contribution >= 0.6 is 12.2 Å². The lowest BCUT2D eigenvalue weighted by atomic mass is 10.2. The number of fused-ring (bicyclic) bond motifs is 1. The average molecular weight is 251 g/mol. The summed E-state index contributed by atoms with van der Waals surface area (Å²) >= 11 is 4.94. The lowest BCUT2D eigenvalue weighted by molar-refractivity contribution is 0.695. The second-order valence-corrected chi connectivity index (χ2v) is 4.37. The summed E-state index contributed by atoms with van der Waals surface area (Å²) in [5.41, 5.74) is 6.20. The van der Waals surface area contributed by atoms with Crippen LogP contribution in [0.3, 0.4) is 0 Å². The van der Waals surface area contributed by atoms with Crippen LogP contribution in [0.2, 0.25) is 0 Å². The molecule has 0 aliphatic heterocycles. The van der Waals surface area contributed by atoms with Crippen molar-refractivity contribution in [2.24, 2.45) is 11.7 Å². The predicted molar refractivity (Wildman–Crippen MR) is 67.8 cm³/mol. The maximum absolute atomic E-state index is 5.58. The molecule has 0 aliphatic rings. The second-order valence-electron chi connectivity index (χ2n) is 3.90. The summed E-state index contributed by atoms with van der Waals surface area (Å²) in [6.07, 6.45) is 0. The first kappa shape index (κ1) is 11.6. The number of tetrazole rings is 1. The first-order valence-electron chi connectivity index (χ1n) is 5.14. The minimum absolute atomic E-state index is 0.126. The molecule has 2 heterocycles. The van der Waals surface area contributed by atoms with Crippen molar-refractivity contribution in [1.29, 1.82) is 0 Å². The van der Waals surface area contributed by atoms with Gasteiger partial charge in [0.05, 0.1) is 4.99 Å². The van der Waals surface area contributed by atoms with E-state index in [2.05, 4.69) is 20.6 Å². The Bertz CT molecular complexity index is 537. The normalized spacial score (nSPS) is 12.6. The van der Waals surface area contributed by atoms with Crippen molar-refractivity contribution in [2.45, 2.75) is 6.92 Å². The zero-order valence-electron chi connectivity index (χ0n) is 9.61. The molecule has 1 unspecified atom stereocenters. The highest BCUT2D eigenvalue weighted by atomic mass is 32.1. The molecule has 0 aliphatic carbocycles. The van der Waals surface area contributed by atoms with E-state index in [1.807, 2.05) is 31.0 Å². The summed E-state index contributed by atoms with van der Waals surface area (Å²) in [5.74, 6) is 0.897. The van der Waals surface area contributed by atoms with Crippen LogP contribution in [0, 0.1) is 5.92 Å². The highest BCUT2D eigenvalue weighted by molar-refractivity contribution is 7.80. The van der Waals surface area contributed by atoms with Crippen molar-refractivity contribution in [3.05, 3.63) is 12.1 Å². The van der Waals surface area contributed by atoms with Gasteiger partial charge in [-0.05, 0) is 22.6 Å². The van der Waals surface area contributed by atoms with Gasteiger partial charge in [-0.2, -0.15) is 0 Å². The number of hydrogen-bond donors (Lipinski definition) is 1. The minimum Gasteiger partial charge on any atom is -0.393 e. The van der Waals surface area contributed by atoms with E-state index in [1.54, 1.807) is 0 Å². The van der Waals surface area contributed by atoms with Gasteiger partial charge >= 0.3 is 0 Å². The van der Waals surface area contributed by atoms with E-state index in [1.165, 1.54) is 4.63 Å². The fourth-order valence-corrected chi connectivity index (χ4v) is 1.51. The third-order valence-corrected chi connectivity index (χ3v) is 2.88. The van der Waals surface area contributed by atoms with Gasteiger partial charge in [-0.25, -0.2) is 0 Å². The second kappa shape index (κ2) is 4.58. The zero-order chi connectivity index (χ0) is 12.4. The maximum Gasteiger partial charge on any atom is 0.200 e. The highest BCUT2D eigenvalue weighted by Gasteiger charge is 2.11. The number of thiocarbonyl (C=S) groups is 1. The van der Waals surface area contributed by atoms with Crippen LogP contribution < -0.4 is 10.6 Å². The Hall–Kier alpha value is -1.83. The minimum atomic E-state index is 0.126. The van der Waals surface area contributed by atoms with E-state index in [0.717, 1.165) is 5.82 Å². The fourth-order valence-electron chi connectivity index (χ4n) is 1.44. The smallest absolute Gasteiger partial charge is 0.200 e. The van der Waals surface area contributed by atoms with Crippen molar-refractivity contribution >= 4 is 28.7 Å². The molecular formula is C9H13N7S. The first-order valence-corrected chi connectivity index (χ1v) is 5.54. The summed E-state index contributed by atoms with van der Waals surface area (Å²) in [4.78, 5) is 2.46. The van der Waals surface area contributed by atoms with Crippen LogP contribution in [0.4, 0.5) is 5.82 Å². The van der Waals surface area contributed by atoms with Crippen LogP contribution in [0.25, 0.3) is 5.65 Å². The summed E-state index contributed by atoms with van der Waals surface area (Å²) < 4.78 is 1.39. The van der Waals surface area contributed by atoms with E-state index in [9.17, 15) is 0 Å². The fraction of sp³-hybridized carbons (Fsp3) is 0.444. The number of hydrogen-bond acceptors (Lipinski definition) is 6. The van der Waals surface area contributed by atoms with Gasteiger partial charge in [0.1, 0.15) is 0 Å². The van der Waals surface area contributed by atoms with Crippen molar-refractivity contribution in [3.63, 3.8) is 0 Å². The number of aromatic nitrogens is 5. The van der Waals surface area contributed by atoms with Gasteiger partial charge in [0.15, 0.2) is 11.5 Å². The molecule has 2 N–H and O–H groups in total. The molecule has 0 bridgehead atoms. The highest BCUT2D eigenvalue weighted by Crippen LogP contribution is 2.10. The molecule has 90 valence electrons. The molecule has 0 amide bonds. The van der Waals surface area contributed by atoms with Crippen LogP contribution in [-0.4, -0.2) is 43.8 Å². The molecule has 2 aromatic rings. The summed E-state index contributed by atoms with van der Waals surface area (Å²) in [6, 6.07) is 3.67. The Kier molecular flexibility index (Phi) is 3.14. The van der Waals surface area contributed by atoms with Crippen molar-refractivity contribution in [3.8, 4) is 0 Å². The summed E-state index contributed by atoms with van der Waals surface area (Å²) in [5, 5.41) is 15.3. The van der Waals surface area contributed by atoms with Gasteiger partial charge < -0.3 is 10.6 Å². The molecule has 2 aromatic heterocycles. The largest absolute Gasteiger partial charge is 0.393 e. The standard InChI is InChI=1S/C9H13N7S/c1-6(9(10)17)5-15(2)8-4-3-7-11-13-14-16(7)12-8/h3-4,6H,5H2,1-2H3,(H2,10,17). The SMILES string of the molecule is CC(CN(C)c1ccc2nnnn2n1)C(N)=S. The maximum atomic E-state index is 5.58. The third kappa shape index (κ3) is 2.47. The summed E-state index contributed by atoms with van der Waals surface area (Å²) in [7, 11) is 1.92. The van der Waals surface area contributed by atoms with Gasteiger partial charge in [-0.1, -0.05) is 19.1 Å². The van der Waals surface area contributed by atoms with Crippen molar-refractivity contribution in [1.82, 2.24) is 25.3 Å². The molecular weight excluding hydrogens is 238 g/mol. The first-order chi connectivity index (χ1) is 8.08. The number of anilines is 1. The van der Waals surface area contributed by atoms with Gasteiger partial charge in [0, 0.05) is 19.5 Å². The molecule has 2 rings (SSSR count). The van der Waals surface area contributed by atoms with Gasteiger partial charge in [-0.15, -0.1) is 14.8 Å². The monoisotopic (exact) mass is 251 g/mol. The molecule has 0 spiro atoms. The lowest BCUT2D eigenvalue weighted by Gasteiger charge is -2.21. The lowest BCUT2D eigenvalue weighted by Crippen LogP contribution is -2.32. The Labute approximate surface area is 104 Å². The van der Waals surface area contributed by atoms with E-state index in [0.29, 0.717) is 17.2 Å². The quantitative estimate of drug-likeness (QED) is 0.758.